The number of halogens is 2. The zero-order valence-electron chi connectivity index (χ0n) is 44.9. The van der Waals surface area contributed by atoms with Crippen molar-refractivity contribution >= 4 is 51.9 Å². The van der Waals surface area contributed by atoms with E-state index in [1.54, 1.807) is 17.2 Å². The fourth-order valence-electron chi connectivity index (χ4n) is 10.5. The third-order valence-electron chi connectivity index (χ3n) is 14.5. The van der Waals surface area contributed by atoms with Gasteiger partial charge in [0.2, 0.25) is 17.7 Å². The normalized spacial score (nSPS) is 18.1. The molecule has 0 spiro atoms. The molecule has 3 amide bonds. The Morgan fingerprint density at radius 3 is 2.39 bits per heavy atom. The van der Waals surface area contributed by atoms with Crippen molar-refractivity contribution in [1.82, 2.24) is 39.4 Å². The molecule has 1 saturated carbocycles. The number of hydrogen-bond donors (Lipinski definition) is 3. The number of ketones is 1. The van der Waals surface area contributed by atoms with Crippen LogP contribution in [0.5, 0.6) is 5.75 Å². The summed E-state index contributed by atoms with van der Waals surface area (Å²) in [6, 6.07) is 13.6. The highest BCUT2D eigenvalue weighted by molar-refractivity contribution is 7.09. The first kappa shape index (κ1) is 56.0. The molecule has 3 N–H and O–H groups in total. The zero-order chi connectivity index (χ0) is 55.5. The highest BCUT2D eigenvalue weighted by Crippen LogP contribution is 2.39. The molecule has 19 heteroatoms. The number of nitrogens with one attached hydrogen (secondary N) is 2. The lowest BCUT2D eigenvalue weighted by Gasteiger charge is -2.40. The van der Waals surface area contributed by atoms with Gasteiger partial charge >= 0.3 is 5.69 Å². The number of aliphatic hydroxyl groups excluding tert-OH is 1. The van der Waals surface area contributed by atoms with Crippen LogP contribution in [0.15, 0.2) is 84.4 Å². The molecule has 406 valence electrons. The van der Waals surface area contributed by atoms with Crippen molar-refractivity contribution in [2.75, 3.05) is 31.1 Å². The van der Waals surface area contributed by atoms with E-state index in [1.165, 1.54) is 40.4 Å². The molecule has 1 aliphatic heterocycles. The van der Waals surface area contributed by atoms with Crippen LogP contribution in [0.4, 0.5) is 14.6 Å². The van der Waals surface area contributed by atoms with E-state index in [0.29, 0.717) is 42.9 Å². The van der Waals surface area contributed by atoms with E-state index in [1.807, 2.05) is 90.8 Å². The van der Waals surface area contributed by atoms with Gasteiger partial charge in [0.25, 0.3) is 0 Å². The molecule has 8 rings (SSSR count). The van der Waals surface area contributed by atoms with E-state index < -0.39 is 58.3 Å². The fraction of sp³-hybridized carbons (Fsp3) is 0.431. The molecule has 77 heavy (non-hydrogen) atoms. The van der Waals surface area contributed by atoms with Gasteiger partial charge in [-0.2, -0.15) is 4.98 Å². The quantitative estimate of drug-likeness (QED) is 0.0548. The van der Waals surface area contributed by atoms with Crippen LogP contribution in [-0.2, 0) is 25.7 Å². The number of piperazine rings is 1. The van der Waals surface area contributed by atoms with E-state index in [0.717, 1.165) is 27.6 Å². The number of aromatic nitrogens is 5. The number of Topliss-reactive ketones (excluding diaryl/α,β-unsaturated/α-hetero) is 1. The van der Waals surface area contributed by atoms with E-state index in [9.17, 15) is 29.1 Å². The van der Waals surface area contributed by atoms with Crippen LogP contribution in [0.1, 0.15) is 102 Å². The number of nitrogens with zero attached hydrogens (tertiary/aromatic N) is 7. The minimum Gasteiger partial charge on any atom is -0.493 e. The summed E-state index contributed by atoms with van der Waals surface area (Å²) >= 11 is 1.42. The minimum atomic E-state index is -0.956. The number of anilines is 1. The van der Waals surface area contributed by atoms with E-state index in [4.69, 9.17) is 9.72 Å². The molecule has 5 atom stereocenters. The molecule has 4 aromatic heterocycles. The predicted octanol–water partition coefficient (Wildman–Crippen LogP) is 8.56. The van der Waals surface area contributed by atoms with Crippen molar-refractivity contribution < 1.29 is 37.8 Å². The average molecular weight is 1070 g/mol. The molecule has 0 bridgehead atoms. The van der Waals surface area contributed by atoms with Crippen molar-refractivity contribution in [1.29, 1.82) is 0 Å². The number of unbranched alkanes of at least 4 members (excludes halogenated alkanes) is 1. The predicted molar refractivity (Wildman–Crippen MR) is 293 cm³/mol. The van der Waals surface area contributed by atoms with Crippen LogP contribution >= 0.6 is 11.5 Å². The van der Waals surface area contributed by atoms with Crippen molar-refractivity contribution in [2.45, 2.75) is 118 Å². The number of carbonyl (C=O) groups excluding carboxylic acids is 4. The highest BCUT2D eigenvalue weighted by Gasteiger charge is 2.47. The van der Waals surface area contributed by atoms with Gasteiger partial charge in [-0.25, -0.2) is 27.5 Å². The summed E-state index contributed by atoms with van der Waals surface area (Å²) in [5, 5.41) is 16.8. The molecule has 6 aromatic rings. The average Bonchev–Trinajstić information content (AvgIpc) is 4.04. The standard InChI is InChI=1S/C58H67F2N9O7S/c1-10-46(72)67-23-24-68(35(6)31-67)54-41-28-43(60)49(65-55(41)69(57(75)66-54)50-33(4)21-22-61-48(50)32(2)3)47-42(59)14-13-15-44(47)76-25-12-11-16-45(71)64-53(58(7,8)9)51(73)39-26-38(70)27-40(39)56(74)62-30-36-17-19-37(20-18-36)52-34(5)29-63-77-52/h10,13-15,17-22,28-29,32,35,38-40,53,70H,1,11-12,16,23-27,30-31H2,2-9H3,(H,62,74)(H,64,71)/t35-,38-,39?,40+,53+/m0/s1. The third-order valence-corrected chi connectivity index (χ3v) is 15.5. The number of benzene rings is 2. The SMILES string of the molecule is C=CC(=O)N1CCN(c2nc(=O)n(-c3c(C)ccnc3C(C)C)c3nc(-c4c(F)cccc4OCCCCC(=O)N[C@H](C(=O)C4C[C@H](O)C[C@H]4C(=O)NCc4ccc(-c5sncc5C)cc4)C(C)(C)C)c(F)cc23)[C@@H](C)C1. The summed E-state index contributed by atoms with van der Waals surface area (Å²) in [6.07, 6.45) is 4.70. The number of aryl methyl sites for hydroxylation is 2. The molecule has 1 unspecified atom stereocenters. The second-order valence-electron chi connectivity index (χ2n) is 21.6. The molecule has 2 aliphatic rings. The van der Waals surface area contributed by atoms with E-state index in [2.05, 4.69) is 31.6 Å². The Labute approximate surface area is 451 Å². The maximum Gasteiger partial charge on any atom is 0.355 e. The number of rotatable bonds is 18. The number of pyridine rings is 2. The van der Waals surface area contributed by atoms with E-state index >= 15 is 8.78 Å². The number of amides is 3. The maximum atomic E-state index is 16.9. The Kier molecular flexibility index (Phi) is 17.1. The lowest BCUT2D eigenvalue weighted by Crippen LogP contribution is -2.54. The first-order chi connectivity index (χ1) is 36.7. The van der Waals surface area contributed by atoms with E-state index in [-0.39, 0.29) is 96.7 Å². The molecular weight excluding hydrogens is 1000 g/mol. The highest BCUT2D eigenvalue weighted by atomic mass is 32.1. The van der Waals surface area contributed by atoms with Gasteiger partial charge in [-0.05, 0) is 122 Å². The van der Waals surface area contributed by atoms with Crippen LogP contribution in [-0.4, -0.2) is 102 Å². The van der Waals surface area contributed by atoms with Crippen molar-refractivity contribution in [3.05, 3.63) is 124 Å². The summed E-state index contributed by atoms with van der Waals surface area (Å²) in [7, 11) is 0. The largest absolute Gasteiger partial charge is 0.493 e. The van der Waals surface area contributed by atoms with Gasteiger partial charge in [0.05, 0.1) is 51.9 Å². The second-order valence-corrected chi connectivity index (χ2v) is 22.4. The Balaban J connectivity index is 0.963. The van der Waals surface area contributed by atoms with Crippen LogP contribution in [0, 0.1) is 42.7 Å². The Hall–Kier alpha value is -7.25. The van der Waals surface area contributed by atoms with Crippen molar-refractivity contribution in [2.24, 2.45) is 17.3 Å². The topological polar surface area (TPSA) is 202 Å². The Bertz CT molecular complexity index is 3260. The minimum absolute atomic E-state index is 0.00310. The smallest absolute Gasteiger partial charge is 0.355 e. The summed E-state index contributed by atoms with van der Waals surface area (Å²) in [6.45, 7) is 19.8. The van der Waals surface area contributed by atoms with Crippen LogP contribution in [0.3, 0.4) is 0 Å². The molecule has 16 nitrogen and oxygen atoms in total. The summed E-state index contributed by atoms with van der Waals surface area (Å²) < 4.78 is 44.7. The zero-order valence-corrected chi connectivity index (χ0v) is 45.7. The van der Waals surface area contributed by atoms with Crippen LogP contribution in [0.25, 0.3) is 38.4 Å². The van der Waals surface area contributed by atoms with Crippen LogP contribution < -0.4 is 26.0 Å². The Morgan fingerprint density at radius 1 is 0.974 bits per heavy atom. The summed E-state index contributed by atoms with van der Waals surface area (Å²) in [5.74, 6) is -4.62. The van der Waals surface area contributed by atoms with Crippen LogP contribution in [0.2, 0.25) is 0 Å². The number of hydrogen-bond acceptors (Lipinski definition) is 13. The Morgan fingerprint density at radius 2 is 1.71 bits per heavy atom. The molecule has 2 fully saturated rings. The second kappa shape index (κ2) is 23.6. The molecule has 0 radical (unpaired) electrons. The van der Waals surface area contributed by atoms with Gasteiger partial charge in [-0.3, -0.25) is 24.2 Å². The number of carbonyl (C=O) groups is 4. The van der Waals surface area contributed by atoms with Gasteiger partial charge in [0, 0.05) is 57.0 Å². The lowest BCUT2D eigenvalue weighted by atomic mass is 9.77. The maximum absolute atomic E-state index is 16.9. The van der Waals surface area contributed by atoms with Gasteiger partial charge in [-0.1, -0.05) is 71.5 Å². The van der Waals surface area contributed by atoms with Gasteiger partial charge in [0.15, 0.2) is 17.2 Å². The fourth-order valence-corrected chi connectivity index (χ4v) is 11.2. The first-order valence-electron chi connectivity index (χ1n) is 26.1. The molecule has 2 aromatic carbocycles. The number of fused-ring (bicyclic) bond motifs is 1. The lowest BCUT2D eigenvalue weighted by molar-refractivity contribution is -0.137. The van der Waals surface area contributed by atoms with Gasteiger partial charge < -0.3 is 30.3 Å². The van der Waals surface area contributed by atoms with Crippen molar-refractivity contribution in [3.8, 4) is 33.1 Å². The molecule has 1 saturated heterocycles. The third kappa shape index (κ3) is 12.2. The molecule has 1 aliphatic carbocycles. The van der Waals surface area contributed by atoms with Crippen molar-refractivity contribution in [3.63, 3.8) is 0 Å². The first-order valence-corrected chi connectivity index (χ1v) is 26.9. The number of ether oxygens (including phenoxy) is 1. The molecular formula is C58H67F2N9O7S. The molecule has 5 heterocycles. The van der Waals surface area contributed by atoms with Gasteiger partial charge in [-0.15, -0.1) is 0 Å². The summed E-state index contributed by atoms with van der Waals surface area (Å²) in [5.41, 5.74) is 2.57. The monoisotopic (exact) mass is 1070 g/mol. The summed E-state index contributed by atoms with van der Waals surface area (Å²) in [4.78, 5) is 87.0. The van der Waals surface area contributed by atoms with Gasteiger partial charge in [0.1, 0.15) is 23.1 Å². The number of aliphatic hydroxyl groups is 1.